The van der Waals surface area contributed by atoms with E-state index in [1.165, 1.54) is 31.4 Å². The minimum Gasteiger partial charge on any atom is -0.365 e. The highest BCUT2D eigenvalue weighted by Crippen LogP contribution is 2.29. The maximum Gasteiger partial charge on any atom is 0.232 e. The molecule has 1 N–H and O–H groups in total. The van der Waals surface area contributed by atoms with E-state index in [1.54, 1.807) is 0 Å². The van der Waals surface area contributed by atoms with Crippen molar-refractivity contribution in [3.63, 3.8) is 0 Å². The van der Waals surface area contributed by atoms with E-state index in [9.17, 15) is 4.79 Å². The molecule has 3 rings (SSSR count). The summed E-state index contributed by atoms with van der Waals surface area (Å²) in [6.45, 7) is 7.56. The van der Waals surface area contributed by atoms with Gasteiger partial charge in [-0.15, -0.1) is 11.8 Å². The number of amides is 1. The molecule has 1 aliphatic heterocycles. The van der Waals surface area contributed by atoms with Gasteiger partial charge in [0.05, 0.1) is 22.8 Å². The average Bonchev–Trinajstić information content (AvgIpc) is 3.15. The molecule has 2 fully saturated rings. The smallest absolute Gasteiger partial charge is 0.232 e. The Morgan fingerprint density at radius 2 is 1.91 bits per heavy atom. The zero-order chi connectivity index (χ0) is 15.5. The van der Waals surface area contributed by atoms with Gasteiger partial charge in [-0.25, -0.2) is 0 Å². The van der Waals surface area contributed by atoms with Crippen molar-refractivity contribution in [2.45, 2.75) is 44.8 Å². The number of carbonyl (C=O) groups is 1. The third-order valence-corrected chi connectivity index (χ3v) is 6.14. The number of carbonyl (C=O) groups excluding carboxylic acids is 1. The van der Waals surface area contributed by atoms with E-state index >= 15 is 0 Å². The zero-order valence-corrected chi connectivity index (χ0v) is 14.4. The summed E-state index contributed by atoms with van der Waals surface area (Å²) in [7, 11) is 0. The van der Waals surface area contributed by atoms with E-state index in [1.807, 2.05) is 23.6 Å². The molecule has 22 heavy (non-hydrogen) atoms. The number of aromatic amines is 1. The number of rotatable bonds is 4. The van der Waals surface area contributed by atoms with Crippen LogP contribution < -0.4 is 4.90 Å². The second kappa shape index (κ2) is 6.94. The second-order valence-corrected chi connectivity index (χ2v) is 7.66. The average molecular weight is 322 g/mol. The molecule has 0 aromatic carbocycles. The van der Waals surface area contributed by atoms with Crippen LogP contribution in [-0.2, 0) is 4.79 Å². The first-order valence-electron chi connectivity index (χ1n) is 8.31. The van der Waals surface area contributed by atoms with Gasteiger partial charge >= 0.3 is 0 Å². The summed E-state index contributed by atoms with van der Waals surface area (Å²) in [5.41, 5.74) is 3.38. The van der Waals surface area contributed by atoms with Crippen LogP contribution in [-0.4, -0.2) is 58.2 Å². The molecule has 0 atom stereocenters. The summed E-state index contributed by atoms with van der Waals surface area (Å²) in [4.78, 5) is 16.7. The molecule has 0 bridgehead atoms. The van der Waals surface area contributed by atoms with Gasteiger partial charge in [0.1, 0.15) is 0 Å². The van der Waals surface area contributed by atoms with Crippen molar-refractivity contribution in [1.82, 2.24) is 15.1 Å². The normalized spacial score (nSPS) is 19.9. The van der Waals surface area contributed by atoms with Crippen molar-refractivity contribution < 1.29 is 4.79 Å². The first-order valence-corrected chi connectivity index (χ1v) is 9.36. The van der Waals surface area contributed by atoms with Crippen molar-refractivity contribution in [2.75, 3.05) is 36.8 Å². The highest BCUT2D eigenvalue weighted by Gasteiger charge is 2.25. The predicted octanol–water partition coefficient (Wildman–Crippen LogP) is 2.35. The number of thioether (sulfide) groups is 1. The van der Waals surface area contributed by atoms with Gasteiger partial charge in [0.15, 0.2) is 0 Å². The number of hydrogen-bond donors (Lipinski definition) is 1. The molecule has 1 saturated carbocycles. The number of H-pyrrole nitrogens is 1. The Morgan fingerprint density at radius 3 is 2.50 bits per heavy atom. The molecule has 1 amide bonds. The quantitative estimate of drug-likeness (QED) is 0.924. The topological polar surface area (TPSA) is 52.2 Å². The Morgan fingerprint density at radius 1 is 1.23 bits per heavy atom. The Hall–Kier alpha value is -1.17. The van der Waals surface area contributed by atoms with Crippen molar-refractivity contribution in [3.05, 3.63) is 11.4 Å². The van der Waals surface area contributed by atoms with Crippen molar-refractivity contribution >= 4 is 23.4 Å². The third-order valence-electron chi connectivity index (χ3n) is 4.78. The predicted molar refractivity (Wildman–Crippen MR) is 91.6 cm³/mol. The molecule has 6 heteroatoms. The molecule has 2 aliphatic rings. The zero-order valence-electron chi connectivity index (χ0n) is 13.6. The largest absolute Gasteiger partial charge is 0.365 e. The SMILES string of the molecule is Cc1n[nH]c(C)c1N1CCN(C(=O)CSC2CCCC2)CC1. The van der Waals surface area contributed by atoms with E-state index in [4.69, 9.17) is 0 Å². The van der Waals surface area contributed by atoms with Gasteiger partial charge in [-0.3, -0.25) is 9.89 Å². The van der Waals surface area contributed by atoms with E-state index in [0.717, 1.165) is 42.8 Å². The van der Waals surface area contributed by atoms with Crippen LogP contribution in [0.2, 0.25) is 0 Å². The first kappa shape index (κ1) is 15.7. The minimum atomic E-state index is 0.317. The van der Waals surface area contributed by atoms with Gasteiger partial charge in [-0.05, 0) is 26.7 Å². The van der Waals surface area contributed by atoms with Gasteiger partial charge < -0.3 is 9.80 Å². The molecular formula is C16H26N4OS. The number of hydrogen-bond acceptors (Lipinski definition) is 4. The number of aromatic nitrogens is 2. The molecule has 0 spiro atoms. The van der Waals surface area contributed by atoms with Crippen LogP contribution in [0.15, 0.2) is 0 Å². The molecular weight excluding hydrogens is 296 g/mol. The molecule has 0 unspecified atom stereocenters. The Bertz CT molecular complexity index is 497. The van der Waals surface area contributed by atoms with E-state index in [0.29, 0.717) is 11.7 Å². The lowest BCUT2D eigenvalue weighted by Crippen LogP contribution is -2.49. The van der Waals surface area contributed by atoms with Crippen molar-refractivity contribution in [3.8, 4) is 0 Å². The first-order chi connectivity index (χ1) is 10.6. The minimum absolute atomic E-state index is 0.317. The summed E-state index contributed by atoms with van der Waals surface area (Å²) in [6.07, 6.45) is 5.28. The van der Waals surface area contributed by atoms with E-state index in [-0.39, 0.29) is 0 Å². The van der Waals surface area contributed by atoms with Gasteiger partial charge in [0.2, 0.25) is 5.91 Å². The van der Waals surface area contributed by atoms with Crippen molar-refractivity contribution in [1.29, 1.82) is 0 Å². The second-order valence-electron chi connectivity index (χ2n) is 6.37. The molecule has 1 aliphatic carbocycles. The number of anilines is 1. The Labute approximate surface area is 136 Å². The van der Waals surface area contributed by atoms with E-state index in [2.05, 4.69) is 22.0 Å². The highest BCUT2D eigenvalue weighted by molar-refractivity contribution is 8.00. The maximum absolute atomic E-state index is 12.3. The van der Waals surface area contributed by atoms with Gasteiger partial charge in [-0.2, -0.15) is 5.10 Å². The summed E-state index contributed by atoms with van der Waals surface area (Å²) >= 11 is 1.87. The molecule has 1 saturated heterocycles. The summed E-state index contributed by atoms with van der Waals surface area (Å²) in [5.74, 6) is 0.978. The number of nitrogens with one attached hydrogen (secondary N) is 1. The third kappa shape index (κ3) is 3.42. The lowest BCUT2D eigenvalue weighted by atomic mass is 10.2. The van der Waals surface area contributed by atoms with Crippen LogP contribution in [0.4, 0.5) is 5.69 Å². The number of piperazine rings is 1. The highest BCUT2D eigenvalue weighted by atomic mass is 32.2. The van der Waals surface area contributed by atoms with Crippen molar-refractivity contribution in [2.24, 2.45) is 0 Å². The number of nitrogens with zero attached hydrogens (tertiary/aromatic N) is 3. The summed E-state index contributed by atoms with van der Waals surface area (Å²) in [6, 6.07) is 0. The van der Waals surface area contributed by atoms with Crippen LogP contribution in [0.1, 0.15) is 37.1 Å². The van der Waals surface area contributed by atoms with Crippen LogP contribution >= 0.6 is 11.8 Å². The lowest BCUT2D eigenvalue weighted by molar-refractivity contribution is -0.128. The summed E-state index contributed by atoms with van der Waals surface area (Å²) < 4.78 is 0. The van der Waals surface area contributed by atoms with Gasteiger partial charge in [0, 0.05) is 31.4 Å². The summed E-state index contributed by atoms with van der Waals surface area (Å²) in [5, 5.41) is 8.04. The maximum atomic E-state index is 12.3. The van der Waals surface area contributed by atoms with Crippen LogP contribution in [0, 0.1) is 13.8 Å². The van der Waals surface area contributed by atoms with E-state index < -0.39 is 0 Å². The number of aryl methyl sites for hydroxylation is 2. The lowest BCUT2D eigenvalue weighted by Gasteiger charge is -2.36. The molecule has 122 valence electrons. The van der Waals surface area contributed by atoms with Gasteiger partial charge in [0.25, 0.3) is 0 Å². The molecule has 2 heterocycles. The fraction of sp³-hybridized carbons (Fsp3) is 0.750. The van der Waals surface area contributed by atoms with Crippen LogP contribution in [0.25, 0.3) is 0 Å². The Balaban J connectivity index is 1.47. The fourth-order valence-corrected chi connectivity index (χ4v) is 4.75. The van der Waals surface area contributed by atoms with Crippen LogP contribution in [0.5, 0.6) is 0 Å². The Kier molecular flexibility index (Phi) is 4.96. The molecule has 1 aromatic rings. The molecule has 0 radical (unpaired) electrons. The standard InChI is InChI=1S/C16H26N4OS/c1-12-16(13(2)18-17-12)20-9-7-19(8-10-20)15(21)11-22-14-5-3-4-6-14/h14H,3-11H2,1-2H3,(H,17,18). The monoisotopic (exact) mass is 322 g/mol. The molecule has 5 nitrogen and oxygen atoms in total. The van der Waals surface area contributed by atoms with Crippen LogP contribution in [0.3, 0.4) is 0 Å². The fourth-order valence-electron chi connectivity index (χ4n) is 3.53. The molecule has 1 aromatic heterocycles. The van der Waals surface area contributed by atoms with Gasteiger partial charge in [-0.1, -0.05) is 12.8 Å².